The Balaban J connectivity index is 2.32. The average molecular weight is 429 g/mol. The Morgan fingerprint density at radius 1 is 1.03 bits per heavy atom. The van der Waals surface area contributed by atoms with Crippen molar-refractivity contribution in [2.75, 3.05) is 19.5 Å². The molecule has 0 saturated heterocycles. The van der Waals surface area contributed by atoms with E-state index >= 15 is 0 Å². The SMILES string of the molecule is COc1ccc(C)cc1/C=C/C(=O)Nc1cc(S(=O)(=O)C(F)(F)F)ccc1OC. The summed E-state index contributed by atoms with van der Waals surface area (Å²) in [6.45, 7) is 1.86. The maximum Gasteiger partial charge on any atom is 0.501 e. The molecule has 0 unspecified atom stereocenters. The number of benzene rings is 2. The van der Waals surface area contributed by atoms with Gasteiger partial charge < -0.3 is 14.8 Å². The van der Waals surface area contributed by atoms with E-state index in [4.69, 9.17) is 9.47 Å². The molecule has 0 bridgehead atoms. The largest absolute Gasteiger partial charge is 0.501 e. The van der Waals surface area contributed by atoms with E-state index in [0.717, 1.165) is 23.8 Å². The molecule has 0 spiro atoms. The minimum atomic E-state index is -5.57. The second-order valence-corrected chi connectivity index (χ2v) is 7.82. The zero-order chi connectivity index (χ0) is 21.8. The smallest absolute Gasteiger partial charge is 0.496 e. The number of amides is 1. The van der Waals surface area contributed by atoms with Crippen molar-refractivity contribution in [1.29, 1.82) is 0 Å². The summed E-state index contributed by atoms with van der Waals surface area (Å²) >= 11 is 0. The topological polar surface area (TPSA) is 81.7 Å². The molecule has 0 radical (unpaired) electrons. The number of methoxy groups -OCH3 is 2. The summed E-state index contributed by atoms with van der Waals surface area (Å²) < 4.78 is 71.7. The van der Waals surface area contributed by atoms with E-state index in [-0.39, 0.29) is 11.4 Å². The highest BCUT2D eigenvalue weighted by Crippen LogP contribution is 2.34. The Bertz CT molecular complexity index is 1050. The van der Waals surface area contributed by atoms with E-state index < -0.39 is 26.1 Å². The van der Waals surface area contributed by atoms with Gasteiger partial charge in [0.25, 0.3) is 9.84 Å². The molecule has 0 heterocycles. The molecule has 2 aromatic carbocycles. The van der Waals surface area contributed by atoms with Gasteiger partial charge in [0.2, 0.25) is 5.91 Å². The minimum absolute atomic E-state index is 0.000936. The maximum absolute atomic E-state index is 12.8. The van der Waals surface area contributed by atoms with E-state index in [2.05, 4.69) is 5.32 Å². The molecule has 0 fully saturated rings. The number of hydrogen-bond donors (Lipinski definition) is 1. The fourth-order valence-electron chi connectivity index (χ4n) is 2.41. The predicted octanol–water partition coefficient (Wildman–Crippen LogP) is 3.96. The van der Waals surface area contributed by atoms with Crippen LogP contribution < -0.4 is 14.8 Å². The molecule has 0 aliphatic heterocycles. The van der Waals surface area contributed by atoms with Crippen LogP contribution in [-0.2, 0) is 14.6 Å². The Kier molecular flexibility index (Phi) is 6.58. The third-order valence-electron chi connectivity index (χ3n) is 3.84. The van der Waals surface area contributed by atoms with Gasteiger partial charge in [-0.15, -0.1) is 0 Å². The first-order valence-electron chi connectivity index (χ1n) is 8.12. The molecule has 156 valence electrons. The highest BCUT2D eigenvalue weighted by Gasteiger charge is 2.47. The highest BCUT2D eigenvalue weighted by molar-refractivity contribution is 7.92. The summed E-state index contributed by atoms with van der Waals surface area (Å²) in [5, 5.41) is 2.32. The van der Waals surface area contributed by atoms with Gasteiger partial charge in [0.05, 0.1) is 24.8 Å². The van der Waals surface area contributed by atoms with Crippen molar-refractivity contribution in [1.82, 2.24) is 0 Å². The first kappa shape index (κ1) is 22.3. The van der Waals surface area contributed by atoms with Gasteiger partial charge in [-0.1, -0.05) is 11.6 Å². The molecule has 1 amide bonds. The summed E-state index contributed by atoms with van der Waals surface area (Å²) in [4.78, 5) is 11.2. The summed E-state index contributed by atoms with van der Waals surface area (Å²) in [6.07, 6.45) is 2.60. The molecule has 0 aliphatic carbocycles. The van der Waals surface area contributed by atoms with Crippen molar-refractivity contribution in [2.45, 2.75) is 17.3 Å². The van der Waals surface area contributed by atoms with Crippen LogP contribution in [-0.4, -0.2) is 34.1 Å². The molecule has 10 heteroatoms. The standard InChI is InChI=1S/C19H18F3NO5S/c1-12-4-7-16(27-2)13(10-12)5-9-18(24)23-15-11-14(6-8-17(15)28-3)29(25,26)19(20,21)22/h4-11H,1-3H3,(H,23,24)/b9-5+. The van der Waals surface area contributed by atoms with Crippen molar-refractivity contribution in [2.24, 2.45) is 0 Å². The van der Waals surface area contributed by atoms with E-state index in [9.17, 15) is 26.4 Å². The first-order chi connectivity index (χ1) is 13.5. The van der Waals surface area contributed by atoms with Gasteiger partial charge in [0.15, 0.2) is 0 Å². The number of hydrogen-bond acceptors (Lipinski definition) is 5. The van der Waals surface area contributed by atoms with Crippen molar-refractivity contribution < 1.29 is 35.9 Å². The summed E-state index contributed by atoms with van der Waals surface area (Å²) in [6, 6.07) is 7.81. The molecule has 29 heavy (non-hydrogen) atoms. The number of halogens is 3. The number of anilines is 1. The Labute approximate surface area is 165 Å². The van der Waals surface area contributed by atoms with Crippen LogP contribution in [0.25, 0.3) is 6.08 Å². The predicted molar refractivity (Wildman–Crippen MR) is 102 cm³/mol. The van der Waals surface area contributed by atoms with Crippen LogP contribution in [0.2, 0.25) is 0 Å². The van der Waals surface area contributed by atoms with Gasteiger partial charge in [-0.05, 0) is 43.3 Å². The highest BCUT2D eigenvalue weighted by atomic mass is 32.2. The number of ether oxygens (including phenoxy) is 2. The average Bonchev–Trinajstić information content (AvgIpc) is 2.65. The van der Waals surface area contributed by atoms with E-state index in [1.807, 2.05) is 13.0 Å². The number of aryl methyl sites for hydroxylation is 1. The third-order valence-corrected chi connectivity index (χ3v) is 5.33. The molecule has 1 N–H and O–H groups in total. The van der Waals surface area contributed by atoms with Crippen LogP contribution in [0.5, 0.6) is 11.5 Å². The van der Waals surface area contributed by atoms with Gasteiger partial charge >= 0.3 is 5.51 Å². The van der Waals surface area contributed by atoms with Crippen LogP contribution in [0, 0.1) is 6.92 Å². The lowest BCUT2D eigenvalue weighted by Crippen LogP contribution is -2.23. The quantitative estimate of drug-likeness (QED) is 0.703. The summed E-state index contributed by atoms with van der Waals surface area (Å²) in [7, 11) is -2.87. The molecule has 0 aliphatic rings. The number of nitrogens with one attached hydrogen (secondary N) is 1. The Morgan fingerprint density at radius 3 is 2.24 bits per heavy atom. The molecular weight excluding hydrogens is 411 g/mol. The molecule has 0 atom stereocenters. The number of alkyl halides is 3. The summed E-state index contributed by atoms with van der Waals surface area (Å²) in [5.74, 6) is -0.176. The molecule has 2 rings (SSSR count). The molecule has 6 nitrogen and oxygen atoms in total. The van der Waals surface area contributed by atoms with Crippen molar-refractivity contribution in [3.63, 3.8) is 0 Å². The Hall–Kier alpha value is -3.01. The second kappa shape index (κ2) is 8.56. The zero-order valence-corrected chi connectivity index (χ0v) is 16.5. The number of carbonyl (C=O) groups is 1. The lowest BCUT2D eigenvalue weighted by atomic mass is 10.1. The van der Waals surface area contributed by atoms with Crippen molar-refractivity contribution in [3.8, 4) is 11.5 Å². The van der Waals surface area contributed by atoms with Gasteiger partial charge in [-0.3, -0.25) is 4.79 Å². The molecule has 0 aromatic heterocycles. The van der Waals surface area contributed by atoms with Gasteiger partial charge in [0, 0.05) is 11.6 Å². The number of rotatable bonds is 6. The second-order valence-electron chi connectivity index (χ2n) is 5.88. The van der Waals surface area contributed by atoms with E-state index in [1.165, 1.54) is 20.3 Å². The third kappa shape index (κ3) is 5.08. The van der Waals surface area contributed by atoms with Gasteiger partial charge in [0.1, 0.15) is 11.5 Å². The Morgan fingerprint density at radius 2 is 1.66 bits per heavy atom. The summed E-state index contributed by atoms with van der Waals surface area (Å²) in [5.41, 5.74) is -4.14. The van der Waals surface area contributed by atoms with Crippen molar-refractivity contribution in [3.05, 3.63) is 53.6 Å². The first-order valence-corrected chi connectivity index (χ1v) is 9.61. The normalized spacial score (nSPS) is 12.1. The number of carbonyl (C=O) groups excluding carboxylic acids is 1. The fraction of sp³-hybridized carbons (Fsp3) is 0.211. The fourth-order valence-corrected chi connectivity index (χ4v) is 3.20. The molecule has 2 aromatic rings. The van der Waals surface area contributed by atoms with Crippen LogP contribution in [0.3, 0.4) is 0 Å². The van der Waals surface area contributed by atoms with Crippen LogP contribution in [0.1, 0.15) is 11.1 Å². The van der Waals surface area contributed by atoms with Crippen LogP contribution >= 0.6 is 0 Å². The van der Waals surface area contributed by atoms with Crippen LogP contribution in [0.15, 0.2) is 47.4 Å². The minimum Gasteiger partial charge on any atom is -0.496 e. The lowest BCUT2D eigenvalue weighted by Gasteiger charge is -2.13. The van der Waals surface area contributed by atoms with Crippen LogP contribution in [0.4, 0.5) is 18.9 Å². The van der Waals surface area contributed by atoms with Gasteiger partial charge in [-0.2, -0.15) is 13.2 Å². The molecule has 0 saturated carbocycles. The van der Waals surface area contributed by atoms with Gasteiger partial charge in [-0.25, -0.2) is 8.42 Å². The van der Waals surface area contributed by atoms with E-state index in [1.54, 1.807) is 12.1 Å². The number of sulfone groups is 1. The molecular formula is C19H18F3NO5S. The lowest BCUT2D eigenvalue weighted by molar-refractivity contribution is -0.111. The van der Waals surface area contributed by atoms with E-state index in [0.29, 0.717) is 17.4 Å². The van der Waals surface area contributed by atoms with Crippen molar-refractivity contribution >= 4 is 27.5 Å². The monoisotopic (exact) mass is 429 g/mol. The zero-order valence-electron chi connectivity index (χ0n) is 15.7. The maximum atomic E-state index is 12.8.